The van der Waals surface area contributed by atoms with Crippen molar-refractivity contribution < 1.29 is 19.1 Å². The Bertz CT molecular complexity index is 598. The summed E-state index contributed by atoms with van der Waals surface area (Å²) in [7, 11) is 1.44. The number of aryl methyl sites for hydroxylation is 1. The first-order chi connectivity index (χ1) is 11.3. The number of methoxy groups -OCH3 is 1. The minimum absolute atomic E-state index is 0.131. The molecule has 1 aliphatic carbocycles. The van der Waals surface area contributed by atoms with E-state index >= 15 is 0 Å². The van der Waals surface area contributed by atoms with Gasteiger partial charge in [-0.05, 0) is 69.1 Å². The summed E-state index contributed by atoms with van der Waals surface area (Å²) in [5.74, 6) is 0.219. The van der Waals surface area contributed by atoms with E-state index < -0.39 is 5.60 Å². The molecule has 1 aromatic carbocycles. The fourth-order valence-electron chi connectivity index (χ4n) is 3.21. The number of benzene rings is 1. The first kappa shape index (κ1) is 18.5. The highest BCUT2D eigenvalue weighted by molar-refractivity contribution is 5.73. The number of ether oxygens (including phenoxy) is 2. The van der Waals surface area contributed by atoms with Crippen LogP contribution in [-0.2, 0) is 38.3 Å². The zero-order valence-electron chi connectivity index (χ0n) is 15.2. The molecule has 0 bridgehead atoms. The molecule has 4 heteroatoms. The van der Waals surface area contributed by atoms with E-state index in [4.69, 9.17) is 9.47 Å². The lowest BCUT2D eigenvalue weighted by Crippen LogP contribution is -2.25. The Morgan fingerprint density at radius 3 is 2.58 bits per heavy atom. The van der Waals surface area contributed by atoms with Crippen LogP contribution >= 0.6 is 0 Å². The third-order valence-corrected chi connectivity index (χ3v) is 4.35. The molecule has 0 N–H and O–H groups in total. The maximum absolute atomic E-state index is 12.0. The molecule has 1 aliphatic rings. The summed E-state index contributed by atoms with van der Waals surface area (Å²) in [6.45, 7) is 5.64. The van der Waals surface area contributed by atoms with Gasteiger partial charge in [-0.2, -0.15) is 0 Å². The van der Waals surface area contributed by atoms with Gasteiger partial charge in [0.15, 0.2) is 0 Å². The highest BCUT2D eigenvalue weighted by atomic mass is 16.6. The van der Waals surface area contributed by atoms with E-state index in [9.17, 15) is 9.59 Å². The van der Waals surface area contributed by atoms with Crippen molar-refractivity contribution in [1.29, 1.82) is 0 Å². The third kappa shape index (κ3) is 5.66. The van der Waals surface area contributed by atoms with Gasteiger partial charge in [0.1, 0.15) is 5.60 Å². The van der Waals surface area contributed by atoms with Crippen LogP contribution in [0.4, 0.5) is 0 Å². The molecule has 24 heavy (non-hydrogen) atoms. The smallest absolute Gasteiger partial charge is 0.310 e. The molecule has 0 spiro atoms. The SMILES string of the molecule is COC(=O)CC[C@@H]1CCc2cc(CC(=O)OC(C)(C)C)ccc2C1. The minimum atomic E-state index is -0.446. The average Bonchev–Trinajstić information content (AvgIpc) is 2.50. The number of hydrogen-bond donors (Lipinski definition) is 0. The first-order valence-electron chi connectivity index (χ1n) is 8.66. The van der Waals surface area contributed by atoms with Crippen molar-refractivity contribution in [3.05, 3.63) is 34.9 Å². The second kappa shape index (κ2) is 7.82. The van der Waals surface area contributed by atoms with Crippen molar-refractivity contribution in [3.63, 3.8) is 0 Å². The van der Waals surface area contributed by atoms with E-state index in [1.54, 1.807) is 0 Å². The molecule has 0 aliphatic heterocycles. The second-order valence-corrected chi connectivity index (χ2v) is 7.59. The van der Waals surface area contributed by atoms with Crippen LogP contribution in [0.5, 0.6) is 0 Å². The average molecular weight is 332 g/mol. The quantitative estimate of drug-likeness (QED) is 0.773. The first-order valence-corrected chi connectivity index (χ1v) is 8.66. The maximum Gasteiger partial charge on any atom is 0.310 e. The zero-order chi connectivity index (χ0) is 17.7. The Hall–Kier alpha value is -1.84. The summed E-state index contributed by atoms with van der Waals surface area (Å²) in [5, 5.41) is 0. The minimum Gasteiger partial charge on any atom is -0.469 e. The van der Waals surface area contributed by atoms with E-state index in [0.29, 0.717) is 18.8 Å². The second-order valence-electron chi connectivity index (χ2n) is 7.59. The van der Waals surface area contributed by atoms with Gasteiger partial charge in [-0.1, -0.05) is 18.2 Å². The molecule has 0 saturated carbocycles. The largest absolute Gasteiger partial charge is 0.469 e. The van der Waals surface area contributed by atoms with E-state index in [1.807, 2.05) is 26.8 Å². The van der Waals surface area contributed by atoms with Gasteiger partial charge in [-0.25, -0.2) is 0 Å². The van der Waals surface area contributed by atoms with E-state index in [2.05, 4.69) is 12.1 Å². The molecule has 2 rings (SSSR count). The van der Waals surface area contributed by atoms with Gasteiger partial charge in [0, 0.05) is 6.42 Å². The van der Waals surface area contributed by atoms with E-state index in [-0.39, 0.29) is 11.9 Å². The molecule has 1 aromatic rings. The van der Waals surface area contributed by atoms with Gasteiger partial charge in [0.05, 0.1) is 13.5 Å². The normalized spacial score (nSPS) is 17.1. The summed E-state index contributed by atoms with van der Waals surface area (Å²) >= 11 is 0. The standard InChI is InChI=1S/C20H28O4/c1-20(2,3)24-19(22)13-15-6-9-16-11-14(5-8-17(16)12-15)7-10-18(21)23-4/h6,9,12,14H,5,7-8,10-11,13H2,1-4H3/t14-/m0/s1. The molecule has 0 aromatic heterocycles. The maximum atomic E-state index is 12.0. The topological polar surface area (TPSA) is 52.6 Å². The summed E-state index contributed by atoms with van der Waals surface area (Å²) in [6, 6.07) is 6.28. The Morgan fingerprint density at radius 2 is 1.92 bits per heavy atom. The summed E-state index contributed by atoms with van der Waals surface area (Å²) in [6.07, 6.45) is 4.78. The van der Waals surface area contributed by atoms with Crippen LogP contribution in [0.2, 0.25) is 0 Å². The Morgan fingerprint density at radius 1 is 1.17 bits per heavy atom. The Labute approximate surface area is 144 Å². The lowest BCUT2D eigenvalue weighted by molar-refractivity contribution is -0.154. The van der Waals surface area contributed by atoms with Gasteiger partial charge in [0.2, 0.25) is 0 Å². The van der Waals surface area contributed by atoms with Crippen LogP contribution in [0.1, 0.15) is 56.7 Å². The molecular weight excluding hydrogens is 304 g/mol. The summed E-state index contributed by atoms with van der Waals surface area (Å²) in [4.78, 5) is 23.2. The number of fused-ring (bicyclic) bond motifs is 1. The highest BCUT2D eigenvalue weighted by Gasteiger charge is 2.21. The van der Waals surface area contributed by atoms with Crippen molar-refractivity contribution in [2.45, 2.75) is 64.9 Å². The lowest BCUT2D eigenvalue weighted by atomic mass is 9.81. The highest BCUT2D eigenvalue weighted by Crippen LogP contribution is 2.29. The number of rotatable bonds is 5. The van der Waals surface area contributed by atoms with Crippen molar-refractivity contribution >= 4 is 11.9 Å². The Balaban J connectivity index is 1.93. The predicted molar refractivity (Wildman–Crippen MR) is 92.8 cm³/mol. The number of hydrogen-bond acceptors (Lipinski definition) is 4. The molecule has 4 nitrogen and oxygen atoms in total. The zero-order valence-corrected chi connectivity index (χ0v) is 15.2. The molecule has 0 fully saturated rings. The van der Waals surface area contributed by atoms with Crippen LogP contribution in [0.3, 0.4) is 0 Å². The van der Waals surface area contributed by atoms with Crippen LogP contribution < -0.4 is 0 Å². The Kier molecular flexibility index (Phi) is 6.03. The molecule has 0 radical (unpaired) electrons. The van der Waals surface area contributed by atoms with Gasteiger partial charge in [0.25, 0.3) is 0 Å². The van der Waals surface area contributed by atoms with Crippen LogP contribution in [0.15, 0.2) is 18.2 Å². The van der Waals surface area contributed by atoms with Gasteiger partial charge in [-0.15, -0.1) is 0 Å². The number of esters is 2. The molecule has 0 unspecified atom stereocenters. The lowest BCUT2D eigenvalue weighted by Gasteiger charge is -2.25. The molecule has 1 atom stereocenters. The third-order valence-electron chi connectivity index (χ3n) is 4.35. The number of carbonyl (C=O) groups is 2. The predicted octanol–water partition coefficient (Wildman–Crippen LogP) is 3.63. The molecule has 0 heterocycles. The van der Waals surface area contributed by atoms with Gasteiger partial charge >= 0.3 is 11.9 Å². The van der Waals surface area contributed by atoms with Crippen molar-refractivity contribution in [2.24, 2.45) is 5.92 Å². The molecule has 0 saturated heterocycles. The summed E-state index contributed by atoms with van der Waals surface area (Å²) in [5.41, 5.74) is 3.23. The molecule has 0 amide bonds. The monoisotopic (exact) mass is 332 g/mol. The van der Waals surface area contributed by atoms with Crippen LogP contribution in [0, 0.1) is 5.92 Å². The van der Waals surface area contributed by atoms with Crippen LogP contribution in [-0.4, -0.2) is 24.6 Å². The molecule has 132 valence electrons. The fraction of sp³-hybridized carbons (Fsp3) is 0.600. The van der Waals surface area contributed by atoms with Crippen molar-refractivity contribution in [1.82, 2.24) is 0 Å². The van der Waals surface area contributed by atoms with Crippen molar-refractivity contribution in [3.8, 4) is 0 Å². The van der Waals surface area contributed by atoms with E-state index in [0.717, 1.165) is 31.2 Å². The van der Waals surface area contributed by atoms with E-state index in [1.165, 1.54) is 18.2 Å². The van der Waals surface area contributed by atoms with Gasteiger partial charge < -0.3 is 9.47 Å². The number of carbonyl (C=O) groups excluding carboxylic acids is 2. The van der Waals surface area contributed by atoms with Gasteiger partial charge in [-0.3, -0.25) is 9.59 Å². The fourth-order valence-corrected chi connectivity index (χ4v) is 3.21. The van der Waals surface area contributed by atoms with Crippen molar-refractivity contribution in [2.75, 3.05) is 7.11 Å². The molecular formula is C20H28O4. The van der Waals surface area contributed by atoms with Crippen LogP contribution in [0.25, 0.3) is 0 Å². The summed E-state index contributed by atoms with van der Waals surface area (Å²) < 4.78 is 10.1.